The zero-order valence-corrected chi connectivity index (χ0v) is 13.9. The third-order valence-corrected chi connectivity index (χ3v) is 4.86. The van der Waals surface area contributed by atoms with Crippen LogP contribution in [0.1, 0.15) is 60.6 Å². The second kappa shape index (κ2) is 5.63. The summed E-state index contributed by atoms with van der Waals surface area (Å²) in [5.74, 6) is 2.96. The summed E-state index contributed by atoms with van der Waals surface area (Å²) >= 11 is 0. The van der Waals surface area contributed by atoms with Gasteiger partial charge in [-0.2, -0.15) is 10.1 Å². The monoisotopic (exact) mass is 317 g/mol. The lowest BCUT2D eigenvalue weighted by Gasteiger charge is -2.23. The van der Waals surface area contributed by atoms with Crippen LogP contribution >= 0.6 is 0 Å². The Morgan fingerprint density at radius 3 is 2.87 bits per heavy atom. The van der Waals surface area contributed by atoms with Gasteiger partial charge < -0.3 is 9.26 Å². The molecule has 1 atom stereocenters. The third-order valence-electron chi connectivity index (χ3n) is 4.86. The minimum absolute atomic E-state index is 0.307. The van der Waals surface area contributed by atoms with Crippen LogP contribution in [0.25, 0.3) is 0 Å². The Morgan fingerprint density at radius 1 is 1.30 bits per heavy atom. The SMILES string of the molecule is COc1c([C@@H]2CCCN2Cc2noc(C3CC3)n2)c(C)nn1C. The van der Waals surface area contributed by atoms with Crippen LogP contribution in [0.4, 0.5) is 0 Å². The fourth-order valence-electron chi connectivity index (χ4n) is 3.63. The highest BCUT2D eigenvalue weighted by Crippen LogP contribution is 2.41. The maximum Gasteiger partial charge on any atom is 0.229 e. The Labute approximate surface area is 135 Å². The number of aryl methyl sites for hydroxylation is 2. The number of methoxy groups -OCH3 is 1. The van der Waals surface area contributed by atoms with Crippen molar-refractivity contribution in [2.24, 2.45) is 7.05 Å². The molecule has 23 heavy (non-hydrogen) atoms. The van der Waals surface area contributed by atoms with Crippen molar-refractivity contribution in [3.63, 3.8) is 0 Å². The summed E-state index contributed by atoms with van der Waals surface area (Å²) in [5.41, 5.74) is 2.23. The number of hydrogen-bond acceptors (Lipinski definition) is 6. The molecule has 0 spiro atoms. The first kappa shape index (κ1) is 14.7. The lowest BCUT2D eigenvalue weighted by molar-refractivity contribution is 0.231. The van der Waals surface area contributed by atoms with Crippen LogP contribution in [-0.2, 0) is 13.6 Å². The van der Waals surface area contributed by atoms with Crippen LogP contribution in [0.15, 0.2) is 4.52 Å². The maximum absolute atomic E-state index is 5.58. The van der Waals surface area contributed by atoms with Gasteiger partial charge in [-0.15, -0.1) is 0 Å². The second-order valence-corrected chi connectivity index (χ2v) is 6.58. The normalized spacial score (nSPS) is 22.0. The molecule has 0 amide bonds. The van der Waals surface area contributed by atoms with Gasteiger partial charge in [-0.3, -0.25) is 4.90 Å². The number of aromatic nitrogens is 4. The van der Waals surface area contributed by atoms with Gasteiger partial charge in [-0.1, -0.05) is 5.16 Å². The predicted molar refractivity (Wildman–Crippen MR) is 83.2 cm³/mol. The van der Waals surface area contributed by atoms with E-state index >= 15 is 0 Å². The van der Waals surface area contributed by atoms with E-state index in [0.29, 0.717) is 12.0 Å². The van der Waals surface area contributed by atoms with Crippen molar-refractivity contribution >= 4 is 0 Å². The van der Waals surface area contributed by atoms with Crippen molar-refractivity contribution in [1.29, 1.82) is 0 Å². The third kappa shape index (κ3) is 2.63. The summed E-state index contributed by atoms with van der Waals surface area (Å²) in [4.78, 5) is 6.97. The highest BCUT2D eigenvalue weighted by molar-refractivity contribution is 5.35. The van der Waals surface area contributed by atoms with Gasteiger partial charge in [-0.25, -0.2) is 4.68 Å². The van der Waals surface area contributed by atoms with E-state index in [1.165, 1.54) is 18.4 Å². The summed E-state index contributed by atoms with van der Waals surface area (Å²) in [5, 5.41) is 8.68. The van der Waals surface area contributed by atoms with Crippen LogP contribution < -0.4 is 4.74 Å². The number of hydrogen-bond donors (Lipinski definition) is 0. The molecular formula is C16H23N5O2. The van der Waals surface area contributed by atoms with E-state index in [0.717, 1.165) is 49.2 Å². The van der Waals surface area contributed by atoms with E-state index in [-0.39, 0.29) is 0 Å². The molecule has 4 rings (SSSR count). The zero-order valence-electron chi connectivity index (χ0n) is 13.9. The summed E-state index contributed by atoms with van der Waals surface area (Å²) in [6.07, 6.45) is 4.63. The molecule has 0 bridgehead atoms. The van der Waals surface area contributed by atoms with E-state index < -0.39 is 0 Å². The Balaban J connectivity index is 1.56. The molecule has 0 N–H and O–H groups in total. The summed E-state index contributed by atoms with van der Waals surface area (Å²) in [7, 11) is 3.63. The zero-order chi connectivity index (χ0) is 16.0. The molecule has 7 heteroatoms. The van der Waals surface area contributed by atoms with E-state index in [9.17, 15) is 0 Å². The number of likely N-dealkylation sites (tertiary alicyclic amines) is 1. The summed E-state index contributed by atoms with van der Waals surface area (Å²) in [6, 6.07) is 0.307. The first-order valence-electron chi connectivity index (χ1n) is 8.31. The summed E-state index contributed by atoms with van der Waals surface area (Å²) in [6.45, 7) is 3.81. The molecule has 7 nitrogen and oxygen atoms in total. The van der Waals surface area contributed by atoms with Gasteiger partial charge >= 0.3 is 0 Å². The van der Waals surface area contributed by atoms with Crippen molar-refractivity contribution in [3.8, 4) is 5.88 Å². The first-order chi connectivity index (χ1) is 11.2. The lowest BCUT2D eigenvalue weighted by atomic mass is 10.1. The molecule has 0 radical (unpaired) electrons. The molecule has 2 aromatic heterocycles. The largest absolute Gasteiger partial charge is 0.481 e. The molecular weight excluding hydrogens is 294 g/mol. The van der Waals surface area contributed by atoms with E-state index in [4.69, 9.17) is 9.26 Å². The summed E-state index contributed by atoms with van der Waals surface area (Å²) < 4.78 is 12.8. The van der Waals surface area contributed by atoms with Crippen molar-refractivity contribution < 1.29 is 9.26 Å². The number of rotatable bonds is 5. The lowest BCUT2D eigenvalue weighted by Crippen LogP contribution is -2.24. The Hall–Kier alpha value is -1.89. The Morgan fingerprint density at radius 2 is 2.13 bits per heavy atom. The van der Waals surface area contributed by atoms with Gasteiger partial charge in [0.2, 0.25) is 11.8 Å². The molecule has 0 unspecified atom stereocenters. The fraction of sp³-hybridized carbons (Fsp3) is 0.688. The quantitative estimate of drug-likeness (QED) is 0.843. The molecule has 2 aromatic rings. The van der Waals surface area contributed by atoms with Crippen LogP contribution in [0.5, 0.6) is 5.88 Å². The molecule has 0 aromatic carbocycles. The van der Waals surface area contributed by atoms with Gasteiger partial charge in [0.15, 0.2) is 5.82 Å². The predicted octanol–water partition coefficient (Wildman–Crippen LogP) is 2.33. The molecule has 1 saturated carbocycles. The molecule has 2 fully saturated rings. The minimum atomic E-state index is 0.307. The topological polar surface area (TPSA) is 69.2 Å². The van der Waals surface area contributed by atoms with Crippen molar-refractivity contribution in [2.45, 2.75) is 51.1 Å². The van der Waals surface area contributed by atoms with Gasteiger partial charge in [-0.05, 0) is 39.2 Å². The average Bonchev–Trinajstić information content (AvgIpc) is 2.98. The van der Waals surface area contributed by atoms with Crippen molar-refractivity contribution in [1.82, 2.24) is 24.8 Å². The first-order valence-corrected chi connectivity index (χ1v) is 8.31. The molecule has 1 saturated heterocycles. The van der Waals surface area contributed by atoms with Crippen molar-refractivity contribution in [3.05, 3.63) is 23.0 Å². The van der Waals surface area contributed by atoms with Crippen molar-refractivity contribution in [2.75, 3.05) is 13.7 Å². The van der Waals surface area contributed by atoms with Gasteiger partial charge in [0, 0.05) is 19.0 Å². The van der Waals surface area contributed by atoms with Gasteiger partial charge in [0.05, 0.1) is 24.9 Å². The Kier molecular flexibility index (Phi) is 3.60. The number of ether oxygens (including phenoxy) is 1. The van der Waals surface area contributed by atoms with Crippen LogP contribution in [0.2, 0.25) is 0 Å². The molecule has 1 aliphatic heterocycles. The average molecular weight is 317 g/mol. The Bertz CT molecular complexity index is 703. The minimum Gasteiger partial charge on any atom is -0.481 e. The van der Waals surface area contributed by atoms with Gasteiger partial charge in [0.25, 0.3) is 0 Å². The van der Waals surface area contributed by atoms with Gasteiger partial charge in [0.1, 0.15) is 0 Å². The molecule has 1 aliphatic carbocycles. The highest BCUT2D eigenvalue weighted by Gasteiger charge is 2.34. The highest BCUT2D eigenvalue weighted by atomic mass is 16.5. The van der Waals surface area contributed by atoms with E-state index in [2.05, 4.69) is 20.1 Å². The number of nitrogens with zero attached hydrogens (tertiary/aromatic N) is 5. The molecule has 3 heterocycles. The van der Waals surface area contributed by atoms with Crippen LogP contribution in [-0.4, -0.2) is 38.5 Å². The van der Waals surface area contributed by atoms with Crippen LogP contribution in [0, 0.1) is 6.92 Å². The molecule has 2 aliphatic rings. The van der Waals surface area contributed by atoms with E-state index in [1.807, 2.05) is 18.7 Å². The smallest absolute Gasteiger partial charge is 0.229 e. The van der Waals surface area contributed by atoms with E-state index in [1.54, 1.807) is 7.11 Å². The molecule has 124 valence electrons. The fourth-order valence-corrected chi connectivity index (χ4v) is 3.63. The standard InChI is InChI=1S/C16H23N5O2/c1-10-14(16(22-3)20(2)18-10)12-5-4-8-21(12)9-13-17-15(23-19-13)11-6-7-11/h11-12H,4-9H2,1-3H3/t12-/m0/s1. The second-order valence-electron chi connectivity index (χ2n) is 6.58. The maximum atomic E-state index is 5.58. The van der Waals surface area contributed by atoms with Crippen LogP contribution in [0.3, 0.4) is 0 Å².